The van der Waals surface area contributed by atoms with Crippen molar-refractivity contribution in [3.63, 3.8) is 0 Å². The monoisotopic (exact) mass is 451 g/mol. The number of carbonyl (C=O) groups is 3. The van der Waals surface area contributed by atoms with E-state index in [0.29, 0.717) is 23.8 Å². The van der Waals surface area contributed by atoms with Crippen LogP contribution in [-0.2, 0) is 14.3 Å². The summed E-state index contributed by atoms with van der Waals surface area (Å²) in [6, 6.07) is 13.4. The molecule has 1 N–H and O–H groups in total. The van der Waals surface area contributed by atoms with Gasteiger partial charge in [0, 0.05) is 24.5 Å². The summed E-state index contributed by atoms with van der Waals surface area (Å²) >= 11 is 0.853. The zero-order valence-corrected chi connectivity index (χ0v) is 18.9. The summed E-state index contributed by atoms with van der Waals surface area (Å²) in [7, 11) is 0. The summed E-state index contributed by atoms with van der Waals surface area (Å²) in [5.74, 6) is -0.862. The molecule has 166 valence electrons. The fourth-order valence-corrected chi connectivity index (χ4v) is 4.39. The van der Waals surface area contributed by atoms with Gasteiger partial charge in [-0.25, -0.2) is 0 Å². The van der Waals surface area contributed by atoms with Crippen molar-refractivity contribution >= 4 is 46.3 Å². The van der Waals surface area contributed by atoms with Crippen molar-refractivity contribution in [1.29, 1.82) is 0 Å². The number of nitrogens with zero attached hydrogens (tertiary/aromatic N) is 2. The van der Waals surface area contributed by atoms with Crippen LogP contribution in [0.4, 0.5) is 16.2 Å². The lowest BCUT2D eigenvalue weighted by Crippen LogP contribution is -2.36. The van der Waals surface area contributed by atoms with Gasteiger partial charge in [0.15, 0.2) is 0 Å². The highest BCUT2D eigenvalue weighted by molar-refractivity contribution is 8.18. The summed E-state index contributed by atoms with van der Waals surface area (Å²) < 4.78 is 5.38. The molecule has 2 heterocycles. The number of thioether (sulfide) groups is 1. The normalized spacial score (nSPS) is 17.9. The quantitative estimate of drug-likeness (QED) is 0.697. The van der Waals surface area contributed by atoms with E-state index in [4.69, 9.17) is 4.74 Å². The molecule has 0 radical (unpaired) electrons. The van der Waals surface area contributed by atoms with E-state index in [1.54, 1.807) is 12.1 Å². The van der Waals surface area contributed by atoms with Crippen LogP contribution in [0.1, 0.15) is 16.7 Å². The number of anilines is 2. The molecule has 8 heteroatoms. The highest BCUT2D eigenvalue weighted by Crippen LogP contribution is 2.32. The van der Waals surface area contributed by atoms with Gasteiger partial charge in [-0.1, -0.05) is 18.2 Å². The van der Waals surface area contributed by atoms with Gasteiger partial charge in [-0.05, 0) is 72.6 Å². The Labute approximate surface area is 191 Å². The van der Waals surface area contributed by atoms with E-state index in [2.05, 4.69) is 10.2 Å². The molecule has 4 rings (SSSR count). The van der Waals surface area contributed by atoms with Gasteiger partial charge in [-0.3, -0.25) is 19.3 Å². The number of hydrogen-bond donors (Lipinski definition) is 1. The summed E-state index contributed by atoms with van der Waals surface area (Å²) in [5, 5.41) is 2.31. The minimum atomic E-state index is -0.451. The zero-order valence-electron chi connectivity index (χ0n) is 18.1. The molecule has 0 atom stereocenters. The van der Waals surface area contributed by atoms with Gasteiger partial charge in [-0.15, -0.1) is 0 Å². The Balaban J connectivity index is 1.40. The van der Waals surface area contributed by atoms with Crippen molar-refractivity contribution in [3.05, 3.63) is 64.1 Å². The standard InChI is InChI=1S/C24H25N3O4S/c1-16-3-6-19(13-17(16)2)25-22(28)15-27-23(29)21(32-24(27)30)14-18-4-7-20(8-5-18)26-9-11-31-12-10-26/h3-8,13-14H,9-12,15H2,1-2H3,(H,25,28)/b21-14-. The molecule has 0 unspecified atom stereocenters. The third-order valence-electron chi connectivity index (χ3n) is 5.53. The predicted octanol–water partition coefficient (Wildman–Crippen LogP) is 3.82. The molecular weight excluding hydrogens is 426 g/mol. The molecule has 2 fully saturated rings. The molecular formula is C24H25N3O4S. The van der Waals surface area contributed by atoms with E-state index < -0.39 is 17.1 Å². The Hall–Kier alpha value is -3.10. The van der Waals surface area contributed by atoms with Crippen LogP contribution in [0.2, 0.25) is 0 Å². The van der Waals surface area contributed by atoms with Crippen LogP contribution >= 0.6 is 11.8 Å². The number of morpholine rings is 1. The van der Waals surface area contributed by atoms with Gasteiger partial charge >= 0.3 is 0 Å². The van der Waals surface area contributed by atoms with E-state index in [9.17, 15) is 14.4 Å². The summed E-state index contributed by atoms with van der Waals surface area (Å²) in [5.41, 5.74) is 4.74. The maximum absolute atomic E-state index is 12.7. The predicted molar refractivity (Wildman–Crippen MR) is 127 cm³/mol. The Morgan fingerprint density at radius 2 is 1.78 bits per heavy atom. The van der Waals surface area contributed by atoms with Crippen LogP contribution < -0.4 is 10.2 Å². The summed E-state index contributed by atoms with van der Waals surface area (Å²) in [6.45, 7) is 6.76. The minimum Gasteiger partial charge on any atom is -0.378 e. The molecule has 2 aliphatic rings. The molecule has 0 aliphatic carbocycles. The second kappa shape index (κ2) is 9.58. The van der Waals surface area contributed by atoms with Crippen LogP contribution in [0.3, 0.4) is 0 Å². The van der Waals surface area contributed by atoms with Crippen LogP contribution in [0.5, 0.6) is 0 Å². The molecule has 7 nitrogen and oxygen atoms in total. The number of hydrogen-bond acceptors (Lipinski definition) is 6. The van der Waals surface area contributed by atoms with E-state index >= 15 is 0 Å². The summed E-state index contributed by atoms with van der Waals surface area (Å²) in [6.07, 6.45) is 1.69. The lowest BCUT2D eigenvalue weighted by Gasteiger charge is -2.28. The van der Waals surface area contributed by atoms with Crippen LogP contribution in [0.25, 0.3) is 6.08 Å². The zero-order chi connectivity index (χ0) is 22.7. The van der Waals surface area contributed by atoms with Crippen molar-refractivity contribution in [2.75, 3.05) is 43.1 Å². The van der Waals surface area contributed by atoms with Crippen LogP contribution in [0.15, 0.2) is 47.4 Å². The minimum absolute atomic E-state index is 0.313. The molecule has 0 saturated carbocycles. The first-order valence-corrected chi connectivity index (χ1v) is 11.3. The number of benzene rings is 2. The van der Waals surface area contributed by atoms with E-state index in [1.165, 1.54) is 0 Å². The molecule has 2 aromatic rings. The SMILES string of the molecule is Cc1ccc(NC(=O)CN2C(=O)S/C(=C\c3ccc(N4CCOCC4)cc3)C2=O)cc1C. The first-order chi connectivity index (χ1) is 15.4. The van der Waals surface area contributed by atoms with Crippen molar-refractivity contribution in [2.45, 2.75) is 13.8 Å². The molecule has 2 aromatic carbocycles. The highest BCUT2D eigenvalue weighted by Gasteiger charge is 2.36. The van der Waals surface area contributed by atoms with Gasteiger partial charge in [0.05, 0.1) is 18.1 Å². The van der Waals surface area contributed by atoms with Gasteiger partial charge in [0.25, 0.3) is 11.1 Å². The second-order valence-corrected chi connectivity index (χ2v) is 8.80. The maximum atomic E-state index is 12.7. The van der Waals surface area contributed by atoms with Gasteiger partial charge in [0.2, 0.25) is 5.91 Å². The Morgan fingerprint density at radius 3 is 2.47 bits per heavy atom. The largest absolute Gasteiger partial charge is 0.378 e. The third-order valence-corrected chi connectivity index (χ3v) is 6.44. The van der Waals surface area contributed by atoms with Gasteiger partial charge < -0.3 is 15.0 Å². The number of amides is 3. The van der Waals surface area contributed by atoms with Crippen molar-refractivity contribution in [3.8, 4) is 0 Å². The first-order valence-electron chi connectivity index (χ1n) is 10.5. The second-order valence-electron chi connectivity index (χ2n) is 7.81. The number of carbonyl (C=O) groups excluding carboxylic acids is 3. The summed E-state index contributed by atoms with van der Waals surface area (Å²) in [4.78, 5) is 41.0. The van der Waals surface area contributed by atoms with E-state index in [1.807, 2.05) is 50.2 Å². The number of imide groups is 1. The topological polar surface area (TPSA) is 79.0 Å². The first kappa shape index (κ1) is 22.1. The van der Waals surface area contributed by atoms with E-state index in [-0.39, 0.29) is 6.54 Å². The van der Waals surface area contributed by atoms with E-state index in [0.717, 1.165) is 52.1 Å². The fraction of sp³-hybridized carbons (Fsp3) is 0.292. The highest BCUT2D eigenvalue weighted by atomic mass is 32.2. The molecule has 2 saturated heterocycles. The Morgan fingerprint density at radius 1 is 1.06 bits per heavy atom. The van der Waals surface area contributed by atoms with Gasteiger partial charge in [0.1, 0.15) is 6.54 Å². The average molecular weight is 452 g/mol. The lowest BCUT2D eigenvalue weighted by atomic mass is 10.1. The molecule has 2 aliphatic heterocycles. The number of rotatable bonds is 5. The molecule has 32 heavy (non-hydrogen) atoms. The van der Waals surface area contributed by atoms with Crippen LogP contribution in [-0.4, -0.2) is 54.8 Å². The maximum Gasteiger partial charge on any atom is 0.294 e. The molecule has 0 spiro atoms. The van der Waals surface area contributed by atoms with Crippen LogP contribution in [0, 0.1) is 13.8 Å². The lowest BCUT2D eigenvalue weighted by molar-refractivity contribution is -0.127. The molecule has 3 amide bonds. The number of aryl methyl sites for hydroxylation is 2. The third kappa shape index (κ3) is 5.03. The molecule has 0 bridgehead atoms. The average Bonchev–Trinajstić information content (AvgIpc) is 3.04. The number of nitrogens with one attached hydrogen (secondary N) is 1. The molecule has 0 aromatic heterocycles. The van der Waals surface area contributed by atoms with Crippen molar-refractivity contribution in [1.82, 2.24) is 4.90 Å². The van der Waals surface area contributed by atoms with Crippen molar-refractivity contribution < 1.29 is 19.1 Å². The number of ether oxygens (including phenoxy) is 1. The Kier molecular flexibility index (Phi) is 6.62. The Bertz CT molecular complexity index is 1080. The smallest absolute Gasteiger partial charge is 0.294 e. The van der Waals surface area contributed by atoms with Gasteiger partial charge in [-0.2, -0.15) is 0 Å². The fourth-order valence-electron chi connectivity index (χ4n) is 3.55. The van der Waals surface area contributed by atoms with Crippen molar-refractivity contribution in [2.24, 2.45) is 0 Å².